The highest BCUT2D eigenvalue weighted by Crippen LogP contribution is 2.34. The van der Waals surface area contributed by atoms with Crippen molar-refractivity contribution in [1.82, 2.24) is 4.98 Å². The summed E-state index contributed by atoms with van der Waals surface area (Å²) in [4.78, 5) is 44.6. The molecule has 2 N–H and O–H groups in total. The van der Waals surface area contributed by atoms with Crippen molar-refractivity contribution >= 4 is 55.8 Å². The molecule has 2 heterocycles. The van der Waals surface area contributed by atoms with Crippen molar-refractivity contribution in [3.05, 3.63) is 42.5 Å². The molecular formula is C26H28N4O4S. The van der Waals surface area contributed by atoms with E-state index in [9.17, 15) is 14.4 Å². The molecular weight excluding hydrogens is 464 g/mol. The van der Waals surface area contributed by atoms with Gasteiger partial charge in [-0.15, -0.1) is 0 Å². The minimum absolute atomic E-state index is 0.0403. The summed E-state index contributed by atoms with van der Waals surface area (Å²) in [5.41, 5.74) is 1.89. The minimum Gasteiger partial charge on any atom is -0.482 e. The highest BCUT2D eigenvalue weighted by atomic mass is 32.1. The second-order valence-corrected chi connectivity index (χ2v) is 9.99. The maximum Gasteiger partial charge on any atom is 0.265 e. The van der Waals surface area contributed by atoms with E-state index in [-0.39, 0.29) is 30.2 Å². The van der Waals surface area contributed by atoms with E-state index in [0.717, 1.165) is 30.4 Å². The van der Waals surface area contributed by atoms with Crippen LogP contribution >= 0.6 is 11.3 Å². The number of carbonyl (C=O) groups is 3. The molecule has 0 bridgehead atoms. The van der Waals surface area contributed by atoms with Crippen LogP contribution in [0.25, 0.3) is 10.2 Å². The van der Waals surface area contributed by atoms with E-state index in [1.807, 2.05) is 31.2 Å². The number of rotatable bonds is 6. The molecule has 3 aromatic rings. The fourth-order valence-corrected chi connectivity index (χ4v) is 5.65. The smallest absolute Gasteiger partial charge is 0.265 e. The second kappa shape index (κ2) is 10.0. The Labute approximate surface area is 207 Å². The summed E-state index contributed by atoms with van der Waals surface area (Å²) in [5, 5.41) is 6.48. The molecule has 0 spiro atoms. The summed E-state index contributed by atoms with van der Waals surface area (Å²) in [6, 6.07) is 12.0. The van der Waals surface area contributed by atoms with Crippen LogP contribution in [0.15, 0.2) is 42.5 Å². The molecule has 35 heavy (non-hydrogen) atoms. The zero-order valence-electron chi connectivity index (χ0n) is 19.6. The summed E-state index contributed by atoms with van der Waals surface area (Å²) in [6.07, 6.45) is 5.71. The number of hydrogen-bond donors (Lipinski definition) is 2. The van der Waals surface area contributed by atoms with Crippen LogP contribution in [0.3, 0.4) is 0 Å². The van der Waals surface area contributed by atoms with Crippen LogP contribution in [-0.2, 0) is 14.4 Å². The molecule has 0 radical (unpaired) electrons. The number of thiazole rings is 1. The van der Waals surface area contributed by atoms with Gasteiger partial charge < -0.3 is 15.4 Å². The zero-order valence-corrected chi connectivity index (χ0v) is 20.4. The van der Waals surface area contributed by atoms with E-state index in [4.69, 9.17) is 4.74 Å². The summed E-state index contributed by atoms with van der Waals surface area (Å²) in [5.74, 6) is 0.158. The Hall–Kier alpha value is -3.46. The van der Waals surface area contributed by atoms with E-state index in [1.54, 1.807) is 18.2 Å². The SMILES string of the molecule is CC[C@H](C(=O)Nc1ccc2sc(NC(=O)C3CCCCC3)nc2c1)N1C(=O)COc2ccccc21. The van der Waals surface area contributed by atoms with E-state index >= 15 is 0 Å². The van der Waals surface area contributed by atoms with Crippen molar-refractivity contribution < 1.29 is 19.1 Å². The molecule has 0 saturated heterocycles. The fraction of sp³-hybridized carbons (Fsp3) is 0.385. The van der Waals surface area contributed by atoms with Crippen molar-refractivity contribution in [2.45, 2.75) is 51.5 Å². The lowest BCUT2D eigenvalue weighted by atomic mass is 9.89. The maximum atomic E-state index is 13.2. The van der Waals surface area contributed by atoms with Crippen LogP contribution in [0.2, 0.25) is 0 Å². The third-order valence-corrected chi connectivity index (χ3v) is 7.56. The molecule has 3 amide bonds. The first-order valence-electron chi connectivity index (χ1n) is 12.1. The van der Waals surface area contributed by atoms with Crippen molar-refractivity contribution in [3.8, 4) is 5.75 Å². The van der Waals surface area contributed by atoms with E-state index in [2.05, 4.69) is 15.6 Å². The summed E-state index contributed by atoms with van der Waals surface area (Å²) >= 11 is 1.42. The Morgan fingerprint density at radius 2 is 1.94 bits per heavy atom. The van der Waals surface area contributed by atoms with Gasteiger partial charge in [0.1, 0.15) is 11.8 Å². The second-order valence-electron chi connectivity index (χ2n) is 8.96. The number of nitrogens with zero attached hydrogens (tertiary/aromatic N) is 2. The van der Waals surface area contributed by atoms with E-state index in [0.29, 0.717) is 34.2 Å². The van der Waals surface area contributed by atoms with E-state index in [1.165, 1.54) is 22.7 Å². The normalized spacial score (nSPS) is 16.9. The number of ether oxygens (including phenoxy) is 1. The quantitative estimate of drug-likeness (QED) is 0.507. The molecule has 182 valence electrons. The van der Waals surface area contributed by atoms with Crippen LogP contribution < -0.4 is 20.3 Å². The van der Waals surface area contributed by atoms with Crippen molar-refractivity contribution in [2.24, 2.45) is 5.92 Å². The predicted octanol–water partition coefficient (Wildman–Crippen LogP) is 4.96. The van der Waals surface area contributed by atoms with E-state index < -0.39 is 6.04 Å². The first kappa shape index (κ1) is 23.3. The zero-order chi connectivity index (χ0) is 24.4. The average Bonchev–Trinajstić information content (AvgIpc) is 3.27. The molecule has 1 aliphatic heterocycles. The van der Waals surface area contributed by atoms with Gasteiger partial charge in [-0.3, -0.25) is 19.3 Å². The molecule has 1 aliphatic carbocycles. The molecule has 1 aromatic heterocycles. The van der Waals surface area contributed by atoms with Crippen molar-refractivity contribution in [3.63, 3.8) is 0 Å². The largest absolute Gasteiger partial charge is 0.482 e. The topological polar surface area (TPSA) is 101 Å². The van der Waals surface area contributed by atoms with Crippen molar-refractivity contribution in [2.75, 3.05) is 22.1 Å². The molecule has 8 nitrogen and oxygen atoms in total. The van der Waals surface area contributed by atoms with Gasteiger partial charge in [0.2, 0.25) is 11.8 Å². The lowest BCUT2D eigenvalue weighted by Crippen LogP contribution is -2.51. The Morgan fingerprint density at radius 3 is 2.74 bits per heavy atom. The summed E-state index contributed by atoms with van der Waals surface area (Å²) in [6.45, 7) is 1.78. The summed E-state index contributed by atoms with van der Waals surface area (Å²) < 4.78 is 6.44. The molecule has 1 saturated carbocycles. The third-order valence-electron chi connectivity index (χ3n) is 6.61. The van der Waals surface area contributed by atoms with Crippen LogP contribution in [0, 0.1) is 5.92 Å². The van der Waals surface area contributed by atoms with Gasteiger partial charge in [-0.05, 0) is 49.6 Å². The molecule has 2 aliphatic rings. The summed E-state index contributed by atoms with van der Waals surface area (Å²) in [7, 11) is 0. The Kier molecular flexibility index (Phi) is 6.68. The van der Waals surface area contributed by atoms with Gasteiger partial charge in [-0.25, -0.2) is 4.98 Å². The number of amides is 3. The molecule has 0 unspecified atom stereocenters. The molecule has 1 atom stereocenters. The number of nitrogens with one attached hydrogen (secondary N) is 2. The van der Waals surface area contributed by atoms with Crippen LogP contribution in [0.1, 0.15) is 45.4 Å². The number of para-hydroxylation sites is 2. The highest BCUT2D eigenvalue weighted by molar-refractivity contribution is 7.22. The lowest BCUT2D eigenvalue weighted by molar-refractivity contribution is -0.125. The van der Waals surface area contributed by atoms with Gasteiger partial charge >= 0.3 is 0 Å². The van der Waals surface area contributed by atoms with Gasteiger partial charge in [0.05, 0.1) is 15.9 Å². The average molecular weight is 493 g/mol. The highest BCUT2D eigenvalue weighted by Gasteiger charge is 2.34. The van der Waals surface area contributed by atoms with Gasteiger partial charge in [0.15, 0.2) is 11.7 Å². The Balaban J connectivity index is 1.31. The Bertz CT molecular complexity index is 1270. The number of benzene rings is 2. The lowest BCUT2D eigenvalue weighted by Gasteiger charge is -2.34. The molecule has 2 aromatic carbocycles. The predicted molar refractivity (Wildman–Crippen MR) is 137 cm³/mol. The van der Waals surface area contributed by atoms with Gasteiger partial charge in [-0.2, -0.15) is 0 Å². The van der Waals surface area contributed by atoms with Crippen LogP contribution in [0.4, 0.5) is 16.5 Å². The van der Waals surface area contributed by atoms with Gasteiger partial charge in [0.25, 0.3) is 5.91 Å². The number of hydrogen-bond acceptors (Lipinski definition) is 6. The monoisotopic (exact) mass is 492 g/mol. The Morgan fingerprint density at radius 1 is 1.14 bits per heavy atom. The van der Waals surface area contributed by atoms with Crippen LogP contribution in [-0.4, -0.2) is 35.4 Å². The number of anilines is 3. The van der Waals surface area contributed by atoms with Crippen LogP contribution in [0.5, 0.6) is 5.75 Å². The molecule has 1 fully saturated rings. The minimum atomic E-state index is -0.677. The fourth-order valence-electron chi connectivity index (χ4n) is 4.80. The molecule has 5 rings (SSSR count). The number of fused-ring (bicyclic) bond motifs is 2. The standard InChI is InChI=1S/C26H28N4O4S/c1-2-19(30-20-10-6-7-11-21(20)34-15-23(30)31)25(33)27-17-12-13-22-18(14-17)28-26(35-22)29-24(32)16-8-4-3-5-9-16/h6-7,10-14,16,19H,2-5,8-9,15H2,1H3,(H,27,33)(H,28,29,32)/t19-/m1/s1. The maximum absolute atomic E-state index is 13.2. The number of aromatic nitrogens is 1. The van der Waals surface area contributed by atoms with Gasteiger partial charge in [0, 0.05) is 11.6 Å². The first-order chi connectivity index (χ1) is 17.0. The first-order valence-corrected chi connectivity index (χ1v) is 12.9. The van der Waals surface area contributed by atoms with Gasteiger partial charge in [-0.1, -0.05) is 49.7 Å². The third kappa shape index (κ3) is 4.86. The van der Waals surface area contributed by atoms with Crippen molar-refractivity contribution in [1.29, 1.82) is 0 Å². The molecule has 9 heteroatoms. The number of carbonyl (C=O) groups excluding carboxylic acids is 3.